The van der Waals surface area contributed by atoms with Crippen LogP contribution in [0.1, 0.15) is 18.4 Å². The molecule has 18 heavy (non-hydrogen) atoms. The van der Waals surface area contributed by atoms with Crippen molar-refractivity contribution in [2.24, 2.45) is 0 Å². The van der Waals surface area contributed by atoms with Gasteiger partial charge in [-0.25, -0.2) is 8.78 Å². The summed E-state index contributed by atoms with van der Waals surface area (Å²) in [7, 11) is 1.46. The number of amides is 1. The van der Waals surface area contributed by atoms with Crippen LogP contribution in [0.25, 0.3) is 0 Å². The lowest BCUT2D eigenvalue weighted by atomic mass is 10.2. The number of carbonyl (C=O) groups excluding carboxylic acids is 2. The monoisotopic (exact) mass is 257 g/mol. The zero-order valence-corrected chi connectivity index (χ0v) is 9.83. The second-order valence-corrected chi connectivity index (χ2v) is 3.61. The number of benzene rings is 1. The maximum absolute atomic E-state index is 12.8. The molecule has 1 aromatic carbocycles. The van der Waals surface area contributed by atoms with Crippen molar-refractivity contribution in [3.05, 3.63) is 35.4 Å². The number of carbonyl (C=O) groups is 2. The molecule has 0 aliphatic carbocycles. The Morgan fingerprint density at radius 1 is 1.17 bits per heavy atom. The molecular formula is C12H13F2NO3. The van der Waals surface area contributed by atoms with Crippen molar-refractivity contribution in [3.8, 4) is 0 Å². The Morgan fingerprint density at radius 3 is 2.33 bits per heavy atom. The van der Waals surface area contributed by atoms with Crippen LogP contribution in [-0.2, 0) is 20.9 Å². The zero-order chi connectivity index (χ0) is 13.5. The maximum atomic E-state index is 12.8. The maximum Gasteiger partial charge on any atom is 0.306 e. The normalized spacial score (nSPS) is 9.94. The number of hydrogen-bond donors (Lipinski definition) is 1. The molecule has 1 N–H and O–H groups in total. The topological polar surface area (TPSA) is 55.4 Å². The molecule has 98 valence electrons. The molecule has 0 unspecified atom stereocenters. The van der Waals surface area contributed by atoms with Crippen molar-refractivity contribution in [1.82, 2.24) is 5.32 Å². The van der Waals surface area contributed by atoms with Crippen LogP contribution in [0.2, 0.25) is 0 Å². The van der Waals surface area contributed by atoms with Gasteiger partial charge in [-0.3, -0.25) is 9.59 Å². The smallest absolute Gasteiger partial charge is 0.306 e. The van der Waals surface area contributed by atoms with Gasteiger partial charge in [0.1, 0.15) is 18.2 Å². The van der Waals surface area contributed by atoms with Gasteiger partial charge in [-0.15, -0.1) is 0 Å². The van der Waals surface area contributed by atoms with E-state index in [0.29, 0.717) is 0 Å². The van der Waals surface area contributed by atoms with E-state index in [0.717, 1.165) is 18.2 Å². The first-order valence-electron chi connectivity index (χ1n) is 5.32. The van der Waals surface area contributed by atoms with Crippen LogP contribution in [0, 0.1) is 11.6 Å². The molecule has 0 saturated heterocycles. The molecule has 0 aliphatic rings. The van der Waals surface area contributed by atoms with Gasteiger partial charge in [0.2, 0.25) is 5.91 Å². The molecule has 6 heteroatoms. The summed E-state index contributed by atoms with van der Waals surface area (Å²) in [6, 6.07) is 2.89. The molecule has 1 amide bonds. The molecule has 4 nitrogen and oxygen atoms in total. The van der Waals surface area contributed by atoms with Gasteiger partial charge < -0.3 is 10.1 Å². The van der Waals surface area contributed by atoms with Gasteiger partial charge in [0.05, 0.1) is 6.42 Å². The number of ether oxygens (including phenoxy) is 1. The molecule has 0 bridgehead atoms. The minimum absolute atomic E-state index is 0.0207. The molecule has 0 fully saturated rings. The van der Waals surface area contributed by atoms with Gasteiger partial charge in [0, 0.05) is 19.5 Å². The Hall–Kier alpha value is -1.98. The summed E-state index contributed by atoms with van der Waals surface area (Å²) in [4.78, 5) is 22.1. The number of esters is 1. The highest BCUT2D eigenvalue weighted by Crippen LogP contribution is 2.09. The molecule has 0 heterocycles. The fourth-order valence-electron chi connectivity index (χ4n) is 1.27. The van der Waals surface area contributed by atoms with Crippen molar-refractivity contribution in [2.45, 2.75) is 19.4 Å². The van der Waals surface area contributed by atoms with Crippen molar-refractivity contribution >= 4 is 11.9 Å². The van der Waals surface area contributed by atoms with E-state index in [9.17, 15) is 18.4 Å². The largest absolute Gasteiger partial charge is 0.461 e. The average Bonchev–Trinajstić information content (AvgIpc) is 2.32. The van der Waals surface area contributed by atoms with Crippen LogP contribution < -0.4 is 5.32 Å². The molecule has 0 radical (unpaired) electrons. The molecule has 0 saturated carbocycles. The predicted molar refractivity (Wildman–Crippen MR) is 59.5 cm³/mol. The number of hydrogen-bond acceptors (Lipinski definition) is 3. The van der Waals surface area contributed by atoms with E-state index in [1.807, 2.05) is 0 Å². The third-order valence-electron chi connectivity index (χ3n) is 2.16. The zero-order valence-electron chi connectivity index (χ0n) is 9.83. The fraction of sp³-hybridized carbons (Fsp3) is 0.333. The van der Waals surface area contributed by atoms with E-state index in [2.05, 4.69) is 5.32 Å². The van der Waals surface area contributed by atoms with Gasteiger partial charge in [0.15, 0.2) is 0 Å². The summed E-state index contributed by atoms with van der Waals surface area (Å²) in [5.74, 6) is -2.33. The summed E-state index contributed by atoms with van der Waals surface area (Å²) < 4.78 is 30.4. The highest BCUT2D eigenvalue weighted by atomic mass is 19.1. The average molecular weight is 257 g/mol. The quantitative estimate of drug-likeness (QED) is 0.814. The van der Waals surface area contributed by atoms with E-state index in [-0.39, 0.29) is 30.9 Å². The lowest BCUT2D eigenvalue weighted by molar-refractivity contribution is -0.146. The molecular weight excluding hydrogens is 244 g/mol. The first-order valence-corrected chi connectivity index (χ1v) is 5.32. The minimum atomic E-state index is -0.730. The Kier molecular flexibility index (Phi) is 5.23. The van der Waals surface area contributed by atoms with Crippen molar-refractivity contribution in [2.75, 3.05) is 7.05 Å². The molecule has 1 rings (SSSR count). The van der Waals surface area contributed by atoms with Gasteiger partial charge in [-0.1, -0.05) is 0 Å². The third kappa shape index (κ3) is 4.90. The van der Waals surface area contributed by atoms with E-state index < -0.39 is 17.6 Å². The summed E-state index contributed by atoms with van der Waals surface area (Å²) in [6.07, 6.45) is -0.0513. The third-order valence-corrected chi connectivity index (χ3v) is 2.16. The Morgan fingerprint density at radius 2 is 1.78 bits per heavy atom. The van der Waals surface area contributed by atoms with Gasteiger partial charge in [-0.2, -0.15) is 0 Å². The standard InChI is InChI=1S/C12H13F2NO3/c1-15-11(16)2-3-12(17)18-7-8-4-9(13)6-10(14)5-8/h4-6H,2-3,7H2,1H3,(H,15,16). The second-order valence-electron chi connectivity index (χ2n) is 3.61. The highest BCUT2D eigenvalue weighted by molar-refractivity contribution is 5.80. The molecule has 0 aromatic heterocycles. The number of halogens is 2. The Labute approximate surface area is 103 Å². The Bertz CT molecular complexity index is 429. The van der Waals surface area contributed by atoms with Gasteiger partial charge in [-0.05, 0) is 17.7 Å². The van der Waals surface area contributed by atoms with Crippen molar-refractivity contribution in [1.29, 1.82) is 0 Å². The molecule has 0 atom stereocenters. The van der Waals surface area contributed by atoms with Gasteiger partial charge in [0.25, 0.3) is 0 Å². The van der Waals surface area contributed by atoms with Crippen molar-refractivity contribution < 1.29 is 23.1 Å². The summed E-state index contributed by atoms with van der Waals surface area (Å²) in [6.45, 7) is -0.221. The number of nitrogens with one attached hydrogen (secondary N) is 1. The highest BCUT2D eigenvalue weighted by Gasteiger charge is 2.08. The molecule has 1 aromatic rings. The summed E-state index contributed by atoms with van der Waals surface area (Å²) in [5, 5.41) is 2.36. The first-order chi connectivity index (χ1) is 8.51. The fourth-order valence-corrected chi connectivity index (χ4v) is 1.27. The first kappa shape index (κ1) is 14.1. The van der Waals surface area contributed by atoms with E-state index in [1.54, 1.807) is 0 Å². The van der Waals surface area contributed by atoms with E-state index in [4.69, 9.17) is 4.74 Å². The lowest BCUT2D eigenvalue weighted by Gasteiger charge is -2.05. The minimum Gasteiger partial charge on any atom is -0.461 e. The van der Waals surface area contributed by atoms with Crippen LogP contribution in [0.5, 0.6) is 0 Å². The Balaban J connectivity index is 2.40. The molecule has 0 aliphatic heterocycles. The van der Waals surface area contributed by atoms with Crippen LogP contribution in [0.15, 0.2) is 18.2 Å². The van der Waals surface area contributed by atoms with Crippen LogP contribution >= 0.6 is 0 Å². The van der Waals surface area contributed by atoms with Gasteiger partial charge >= 0.3 is 5.97 Å². The SMILES string of the molecule is CNC(=O)CCC(=O)OCc1cc(F)cc(F)c1. The lowest BCUT2D eigenvalue weighted by Crippen LogP contribution is -2.19. The van der Waals surface area contributed by atoms with Crippen LogP contribution in [0.4, 0.5) is 8.78 Å². The van der Waals surface area contributed by atoms with Crippen molar-refractivity contribution in [3.63, 3.8) is 0 Å². The van der Waals surface area contributed by atoms with E-state index in [1.165, 1.54) is 7.05 Å². The molecule has 0 spiro atoms. The summed E-state index contributed by atoms with van der Waals surface area (Å²) >= 11 is 0. The second kappa shape index (κ2) is 6.68. The van der Waals surface area contributed by atoms with E-state index >= 15 is 0 Å². The van der Waals surface area contributed by atoms with Crippen LogP contribution in [-0.4, -0.2) is 18.9 Å². The predicted octanol–water partition coefficient (Wildman–Crippen LogP) is 1.53. The summed E-state index contributed by atoms with van der Waals surface area (Å²) in [5.41, 5.74) is 0.223. The van der Waals surface area contributed by atoms with Crippen LogP contribution in [0.3, 0.4) is 0 Å². The number of rotatable bonds is 5.